The number of methoxy groups -OCH3 is 1. The minimum atomic E-state index is -0.194. The van der Waals surface area contributed by atoms with E-state index in [1.54, 1.807) is 24.6 Å². The Labute approximate surface area is 150 Å². The summed E-state index contributed by atoms with van der Waals surface area (Å²) in [4.78, 5) is 20.6. The zero-order valence-electron chi connectivity index (χ0n) is 14.1. The van der Waals surface area contributed by atoms with Crippen LogP contribution in [-0.4, -0.2) is 57.3 Å². The maximum atomic E-state index is 13.9. The first-order valence-electron chi connectivity index (χ1n) is 8.16. The monoisotopic (exact) mass is 364 g/mol. The Balaban J connectivity index is 1.57. The van der Waals surface area contributed by atoms with E-state index in [4.69, 9.17) is 4.74 Å². The van der Waals surface area contributed by atoms with Gasteiger partial charge in [0.1, 0.15) is 11.5 Å². The number of anilines is 2. The number of hydrogen-bond acceptors (Lipinski definition) is 6. The van der Waals surface area contributed by atoms with Gasteiger partial charge in [-0.2, -0.15) is 0 Å². The van der Waals surface area contributed by atoms with Gasteiger partial charge in [0.25, 0.3) is 5.91 Å². The first-order chi connectivity index (χ1) is 12.2. The average molecular weight is 364 g/mol. The number of halogens is 1. The van der Waals surface area contributed by atoms with E-state index in [9.17, 15) is 9.18 Å². The van der Waals surface area contributed by atoms with Crippen molar-refractivity contribution in [3.05, 3.63) is 41.2 Å². The van der Waals surface area contributed by atoms with Crippen molar-refractivity contribution in [2.45, 2.75) is 0 Å². The number of rotatable bonds is 6. The molecule has 1 amide bonds. The number of para-hydroxylation sites is 1. The molecule has 1 saturated heterocycles. The molecule has 6 nitrogen and oxygen atoms in total. The van der Waals surface area contributed by atoms with Crippen LogP contribution in [0.1, 0.15) is 10.5 Å². The van der Waals surface area contributed by atoms with Crippen molar-refractivity contribution in [2.75, 3.05) is 56.2 Å². The summed E-state index contributed by atoms with van der Waals surface area (Å²) in [5, 5.41) is 5.35. The summed E-state index contributed by atoms with van der Waals surface area (Å²) in [5.41, 5.74) is 1.06. The summed E-state index contributed by atoms with van der Waals surface area (Å²) in [5.74, 6) is -0.384. The number of carbonyl (C=O) groups excluding carboxylic acids is 1. The van der Waals surface area contributed by atoms with Crippen LogP contribution in [0.15, 0.2) is 29.6 Å². The van der Waals surface area contributed by atoms with Crippen molar-refractivity contribution in [3.8, 4) is 0 Å². The maximum Gasteiger partial charge on any atom is 0.270 e. The van der Waals surface area contributed by atoms with Gasteiger partial charge in [-0.1, -0.05) is 12.1 Å². The molecular weight excluding hydrogens is 343 g/mol. The van der Waals surface area contributed by atoms with Gasteiger partial charge in [0.15, 0.2) is 5.13 Å². The van der Waals surface area contributed by atoms with Crippen molar-refractivity contribution in [1.82, 2.24) is 10.3 Å². The van der Waals surface area contributed by atoms with Crippen LogP contribution in [0.4, 0.5) is 15.2 Å². The van der Waals surface area contributed by atoms with Crippen LogP contribution in [0.2, 0.25) is 0 Å². The highest BCUT2D eigenvalue weighted by atomic mass is 32.1. The summed E-state index contributed by atoms with van der Waals surface area (Å²) in [6.45, 7) is 3.86. The van der Waals surface area contributed by atoms with E-state index in [-0.39, 0.29) is 11.7 Å². The highest BCUT2D eigenvalue weighted by Crippen LogP contribution is 2.25. The minimum absolute atomic E-state index is 0.190. The standard InChI is InChI=1S/C17H21FN4O2S/c1-24-11-6-19-16(23)14-12-25-17(20-14)22-9-7-21(8-10-22)15-5-3-2-4-13(15)18/h2-5,12H,6-11H2,1H3,(H,19,23). The lowest BCUT2D eigenvalue weighted by atomic mass is 10.2. The Bertz CT molecular complexity index is 716. The van der Waals surface area contributed by atoms with E-state index in [1.807, 2.05) is 11.0 Å². The van der Waals surface area contributed by atoms with Gasteiger partial charge in [-0.05, 0) is 12.1 Å². The van der Waals surface area contributed by atoms with Crippen molar-refractivity contribution in [2.24, 2.45) is 0 Å². The fraction of sp³-hybridized carbons (Fsp3) is 0.412. The number of benzene rings is 1. The third-order valence-electron chi connectivity index (χ3n) is 4.06. The van der Waals surface area contributed by atoms with Crippen LogP contribution >= 0.6 is 11.3 Å². The maximum absolute atomic E-state index is 13.9. The third-order valence-corrected chi connectivity index (χ3v) is 4.96. The molecule has 2 aromatic rings. The van der Waals surface area contributed by atoms with Crippen LogP contribution in [0.5, 0.6) is 0 Å². The molecule has 0 saturated carbocycles. The molecule has 0 radical (unpaired) electrons. The van der Waals surface area contributed by atoms with E-state index in [1.165, 1.54) is 17.4 Å². The number of nitrogens with zero attached hydrogens (tertiary/aromatic N) is 3. The zero-order valence-corrected chi connectivity index (χ0v) is 14.9. The molecule has 1 aromatic heterocycles. The summed E-state index contributed by atoms with van der Waals surface area (Å²) in [6.07, 6.45) is 0. The molecule has 1 N–H and O–H groups in total. The molecule has 1 aliphatic rings. The topological polar surface area (TPSA) is 57.7 Å². The lowest BCUT2D eigenvalue weighted by molar-refractivity contribution is 0.0933. The molecule has 1 aliphatic heterocycles. The number of nitrogens with one attached hydrogen (secondary N) is 1. The van der Waals surface area contributed by atoms with Gasteiger partial charge in [0.05, 0.1) is 12.3 Å². The Kier molecular flexibility index (Phi) is 5.83. The number of amides is 1. The molecule has 0 aliphatic carbocycles. The Hall–Kier alpha value is -2.19. The fourth-order valence-corrected chi connectivity index (χ4v) is 3.58. The number of ether oxygens (including phenoxy) is 1. The second-order valence-electron chi connectivity index (χ2n) is 5.69. The van der Waals surface area contributed by atoms with Gasteiger partial charge >= 0.3 is 0 Å². The summed E-state index contributed by atoms with van der Waals surface area (Å²) in [7, 11) is 1.59. The average Bonchev–Trinajstić information content (AvgIpc) is 3.13. The molecule has 0 atom stereocenters. The lowest BCUT2D eigenvalue weighted by Crippen LogP contribution is -2.46. The molecule has 25 heavy (non-hydrogen) atoms. The predicted molar refractivity (Wildman–Crippen MR) is 97.1 cm³/mol. The Morgan fingerprint density at radius 2 is 2.00 bits per heavy atom. The van der Waals surface area contributed by atoms with Crippen LogP contribution < -0.4 is 15.1 Å². The normalized spacial score (nSPS) is 14.6. The second kappa shape index (κ2) is 8.26. The smallest absolute Gasteiger partial charge is 0.270 e. The first kappa shape index (κ1) is 17.6. The zero-order chi connectivity index (χ0) is 17.6. The molecule has 134 valence electrons. The van der Waals surface area contributed by atoms with Gasteiger partial charge < -0.3 is 19.9 Å². The van der Waals surface area contributed by atoms with Gasteiger partial charge in [-0.25, -0.2) is 9.37 Å². The van der Waals surface area contributed by atoms with Gasteiger partial charge in [0.2, 0.25) is 0 Å². The van der Waals surface area contributed by atoms with Gasteiger partial charge in [-0.3, -0.25) is 4.79 Å². The van der Waals surface area contributed by atoms with E-state index < -0.39 is 0 Å². The van der Waals surface area contributed by atoms with E-state index in [0.717, 1.165) is 31.3 Å². The summed E-state index contributed by atoms with van der Waals surface area (Å²) < 4.78 is 18.8. The second-order valence-corrected chi connectivity index (χ2v) is 6.53. The van der Waals surface area contributed by atoms with E-state index >= 15 is 0 Å². The highest BCUT2D eigenvalue weighted by Gasteiger charge is 2.22. The van der Waals surface area contributed by atoms with E-state index in [2.05, 4.69) is 15.2 Å². The van der Waals surface area contributed by atoms with Crippen LogP contribution in [-0.2, 0) is 4.74 Å². The quantitative estimate of drug-likeness (QED) is 0.795. The SMILES string of the molecule is COCCNC(=O)c1csc(N2CCN(c3ccccc3F)CC2)n1. The molecule has 0 bridgehead atoms. The molecule has 0 unspecified atom stereocenters. The molecule has 1 aromatic carbocycles. The van der Waals surface area contributed by atoms with Crippen molar-refractivity contribution in [1.29, 1.82) is 0 Å². The number of carbonyl (C=O) groups is 1. The molecule has 2 heterocycles. The molecule has 1 fully saturated rings. The highest BCUT2D eigenvalue weighted by molar-refractivity contribution is 7.13. The van der Waals surface area contributed by atoms with Crippen LogP contribution in [0.25, 0.3) is 0 Å². The van der Waals surface area contributed by atoms with Crippen molar-refractivity contribution in [3.63, 3.8) is 0 Å². The Morgan fingerprint density at radius 1 is 1.28 bits per heavy atom. The first-order valence-corrected chi connectivity index (χ1v) is 9.04. The van der Waals surface area contributed by atoms with Crippen LogP contribution in [0.3, 0.4) is 0 Å². The molecule has 3 rings (SSSR count). The van der Waals surface area contributed by atoms with Crippen molar-refractivity contribution >= 4 is 28.1 Å². The number of hydrogen-bond donors (Lipinski definition) is 1. The summed E-state index contributed by atoms with van der Waals surface area (Å²) in [6, 6.07) is 6.83. The van der Waals surface area contributed by atoms with Gasteiger partial charge in [-0.15, -0.1) is 11.3 Å². The van der Waals surface area contributed by atoms with Crippen molar-refractivity contribution < 1.29 is 13.9 Å². The van der Waals surface area contributed by atoms with Crippen LogP contribution in [0, 0.1) is 5.82 Å². The fourth-order valence-electron chi connectivity index (χ4n) is 2.72. The minimum Gasteiger partial charge on any atom is -0.383 e. The summed E-state index contributed by atoms with van der Waals surface area (Å²) >= 11 is 1.45. The lowest BCUT2D eigenvalue weighted by Gasteiger charge is -2.36. The Morgan fingerprint density at radius 3 is 2.72 bits per heavy atom. The number of thiazole rings is 1. The molecule has 0 spiro atoms. The third kappa shape index (κ3) is 4.26. The van der Waals surface area contributed by atoms with E-state index in [0.29, 0.717) is 24.5 Å². The largest absolute Gasteiger partial charge is 0.383 e. The number of piperazine rings is 1. The molecular formula is C17H21FN4O2S. The predicted octanol–water partition coefficient (Wildman–Crippen LogP) is 1.99. The molecule has 8 heteroatoms. The number of aromatic nitrogens is 1. The van der Waals surface area contributed by atoms with Gasteiger partial charge in [0, 0.05) is 45.2 Å².